The minimum atomic E-state index is -4.09. The Kier molecular flexibility index (Phi) is 9.32. The number of carbonyl (C=O) groups excluding carboxylic acids is 1. The molecular weight excluding hydrogens is 617 g/mol. The molecule has 5 rings (SSSR count). The predicted molar refractivity (Wildman–Crippen MR) is 174 cm³/mol. The van der Waals surface area contributed by atoms with Crippen molar-refractivity contribution >= 4 is 48.7 Å². The molecule has 1 amide bonds. The summed E-state index contributed by atoms with van der Waals surface area (Å²) in [5, 5.41) is 2.82. The van der Waals surface area contributed by atoms with Crippen molar-refractivity contribution in [2.75, 3.05) is 53.1 Å². The lowest BCUT2D eigenvalue weighted by Gasteiger charge is -2.31. The molecule has 13 heteroatoms. The molecule has 0 aliphatic carbocycles. The number of ether oxygens (including phenoxy) is 2. The summed E-state index contributed by atoms with van der Waals surface area (Å²) in [6.07, 6.45) is 0. The van der Waals surface area contributed by atoms with Gasteiger partial charge in [0.2, 0.25) is 0 Å². The van der Waals surface area contributed by atoms with Gasteiger partial charge in [-0.05, 0) is 74.0 Å². The van der Waals surface area contributed by atoms with Gasteiger partial charge >= 0.3 is 0 Å². The molecule has 0 atom stereocenters. The predicted octanol–water partition coefficient (Wildman–Crippen LogP) is 5.00. The average molecular weight is 651 g/mol. The highest BCUT2D eigenvalue weighted by molar-refractivity contribution is 7.93. The first-order valence-corrected chi connectivity index (χ1v) is 17.1. The van der Waals surface area contributed by atoms with Crippen molar-refractivity contribution in [2.24, 2.45) is 0 Å². The fourth-order valence-corrected chi connectivity index (χ4v) is 7.28. The van der Waals surface area contributed by atoms with Gasteiger partial charge in [-0.25, -0.2) is 16.8 Å². The number of para-hydroxylation sites is 2. The maximum absolute atomic E-state index is 13.6. The molecule has 4 aromatic rings. The Balaban J connectivity index is 1.47. The van der Waals surface area contributed by atoms with Crippen LogP contribution in [0.1, 0.15) is 21.5 Å². The lowest BCUT2D eigenvalue weighted by molar-refractivity contribution is 0.102. The average Bonchev–Trinajstić information content (AvgIpc) is 3.02. The first-order valence-electron chi connectivity index (χ1n) is 14.1. The van der Waals surface area contributed by atoms with Crippen molar-refractivity contribution in [3.63, 3.8) is 0 Å². The topological polar surface area (TPSA) is 143 Å². The van der Waals surface area contributed by atoms with E-state index < -0.39 is 26.0 Å². The second kappa shape index (κ2) is 13.2. The zero-order chi connectivity index (χ0) is 32.2. The van der Waals surface area contributed by atoms with Gasteiger partial charge in [-0.15, -0.1) is 0 Å². The molecule has 0 aromatic heterocycles. The van der Waals surface area contributed by atoms with Gasteiger partial charge in [0.1, 0.15) is 5.75 Å². The van der Waals surface area contributed by atoms with Crippen LogP contribution in [0.25, 0.3) is 0 Å². The Labute approximate surface area is 263 Å². The smallest absolute Gasteiger partial charge is 0.262 e. The van der Waals surface area contributed by atoms with Crippen LogP contribution in [0.15, 0.2) is 94.7 Å². The fourth-order valence-electron chi connectivity index (χ4n) is 4.85. The molecule has 236 valence electrons. The normalized spacial score (nSPS) is 13.6. The number of nitrogens with zero attached hydrogens (tertiary/aromatic N) is 1. The van der Waals surface area contributed by atoms with Crippen LogP contribution < -0.4 is 24.4 Å². The fraction of sp³-hybridized carbons (Fsp3) is 0.219. The van der Waals surface area contributed by atoms with Crippen LogP contribution in [0.3, 0.4) is 0 Å². The third-order valence-electron chi connectivity index (χ3n) is 7.27. The van der Waals surface area contributed by atoms with Gasteiger partial charge in [0.15, 0.2) is 0 Å². The van der Waals surface area contributed by atoms with E-state index >= 15 is 0 Å². The van der Waals surface area contributed by atoms with E-state index in [4.69, 9.17) is 9.47 Å². The zero-order valence-corrected chi connectivity index (χ0v) is 26.7. The first kappa shape index (κ1) is 31.8. The van der Waals surface area contributed by atoms with E-state index in [0.29, 0.717) is 49.0 Å². The number of rotatable bonds is 10. The summed E-state index contributed by atoms with van der Waals surface area (Å²) < 4.78 is 69.4. The first-order chi connectivity index (χ1) is 21.5. The minimum absolute atomic E-state index is 0.0542. The molecule has 0 unspecified atom stereocenters. The van der Waals surface area contributed by atoms with Crippen molar-refractivity contribution in [1.82, 2.24) is 0 Å². The maximum atomic E-state index is 13.6. The van der Waals surface area contributed by atoms with Crippen molar-refractivity contribution in [1.29, 1.82) is 0 Å². The Morgan fingerprint density at radius 3 is 2.22 bits per heavy atom. The third kappa shape index (κ3) is 7.39. The molecule has 0 spiro atoms. The number of nitrogens with one attached hydrogen (secondary N) is 3. The summed E-state index contributed by atoms with van der Waals surface area (Å²) in [6.45, 7) is 5.55. The molecule has 11 nitrogen and oxygen atoms in total. The Hall–Kier alpha value is -4.59. The number of aryl methyl sites for hydroxylation is 2. The van der Waals surface area contributed by atoms with E-state index in [9.17, 15) is 21.6 Å². The highest BCUT2D eigenvalue weighted by Gasteiger charge is 2.24. The summed E-state index contributed by atoms with van der Waals surface area (Å²) >= 11 is 0. The summed E-state index contributed by atoms with van der Waals surface area (Å²) in [6, 6.07) is 22.4. The van der Waals surface area contributed by atoms with E-state index in [1.165, 1.54) is 31.4 Å². The Morgan fingerprint density at radius 1 is 0.800 bits per heavy atom. The van der Waals surface area contributed by atoms with Gasteiger partial charge in [0, 0.05) is 24.3 Å². The van der Waals surface area contributed by atoms with Crippen molar-refractivity contribution in [2.45, 2.75) is 23.6 Å². The number of methoxy groups -OCH3 is 1. The molecule has 45 heavy (non-hydrogen) atoms. The van der Waals surface area contributed by atoms with Crippen LogP contribution in [-0.4, -0.2) is 56.2 Å². The molecular formula is C32H34N4O7S2. The second-order valence-corrected chi connectivity index (χ2v) is 13.8. The summed E-state index contributed by atoms with van der Waals surface area (Å²) in [7, 11) is -6.67. The van der Waals surface area contributed by atoms with E-state index in [1.54, 1.807) is 67.6 Å². The highest BCUT2D eigenvalue weighted by Crippen LogP contribution is 2.33. The number of carbonyl (C=O) groups is 1. The number of benzene rings is 4. The van der Waals surface area contributed by atoms with Gasteiger partial charge in [-0.1, -0.05) is 35.9 Å². The third-order valence-corrected chi connectivity index (χ3v) is 10.2. The maximum Gasteiger partial charge on any atom is 0.262 e. The molecule has 3 N–H and O–H groups in total. The SMILES string of the molecule is COc1ccccc1NS(=O)(=O)c1ccc(N2CCOCC2)c(NC(=O)c2ccc(C)c(S(=O)(=O)Nc3ccc(C)cc3)c2)c1. The minimum Gasteiger partial charge on any atom is -0.495 e. The van der Waals surface area contributed by atoms with Crippen LogP contribution in [0.4, 0.5) is 22.7 Å². The highest BCUT2D eigenvalue weighted by atomic mass is 32.2. The standard InChI is InChI=1S/C32H34N4O7S2/c1-22-8-12-25(13-9-22)34-45(40,41)31-20-24(11-10-23(31)2)32(37)33-28-21-26(14-15-29(28)36-16-18-43-19-17-36)44(38,39)35-27-6-4-5-7-30(27)42-3/h4-15,20-21,34-35H,16-19H2,1-3H3,(H,33,37). The van der Waals surface area contributed by atoms with Gasteiger partial charge < -0.3 is 19.7 Å². The quantitative estimate of drug-likeness (QED) is 0.218. The van der Waals surface area contributed by atoms with E-state index in [1.807, 2.05) is 11.8 Å². The van der Waals surface area contributed by atoms with Crippen molar-refractivity contribution in [3.8, 4) is 5.75 Å². The summed E-state index contributed by atoms with van der Waals surface area (Å²) in [4.78, 5) is 15.5. The van der Waals surface area contributed by atoms with Crippen LogP contribution >= 0.6 is 0 Å². The monoisotopic (exact) mass is 650 g/mol. The Bertz CT molecular complexity index is 1920. The molecule has 1 fully saturated rings. The number of anilines is 4. The molecule has 0 bridgehead atoms. The largest absolute Gasteiger partial charge is 0.495 e. The number of amides is 1. The van der Waals surface area contributed by atoms with Crippen LogP contribution in [-0.2, 0) is 24.8 Å². The molecule has 0 saturated carbocycles. The van der Waals surface area contributed by atoms with Gasteiger partial charge in [0.25, 0.3) is 26.0 Å². The van der Waals surface area contributed by atoms with Crippen LogP contribution in [0, 0.1) is 13.8 Å². The van der Waals surface area contributed by atoms with Gasteiger partial charge in [-0.3, -0.25) is 14.2 Å². The number of morpholine rings is 1. The second-order valence-electron chi connectivity index (χ2n) is 10.5. The van der Waals surface area contributed by atoms with Gasteiger partial charge in [0.05, 0.1) is 47.2 Å². The summed E-state index contributed by atoms with van der Waals surface area (Å²) in [5.74, 6) is -0.259. The Morgan fingerprint density at radius 2 is 1.51 bits per heavy atom. The molecule has 1 aliphatic heterocycles. The van der Waals surface area contributed by atoms with Crippen molar-refractivity contribution in [3.05, 3.63) is 102 Å². The van der Waals surface area contributed by atoms with Crippen molar-refractivity contribution < 1.29 is 31.1 Å². The molecule has 1 aliphatic rings. The van der Waals surface area contributed by atoms with Crippen LogP contribution in [0.5, 0.6) is 5.75 Å². The number of hydrogen-bond donors (Lipinski definition) is 3. The van der Waals surface area contributed by atoms with Crippen LogP contribution in [0.2, 0.25) is 0 Å². The van der Waals surface area contributed by atoms with E-state index in [0.717, 1.165) is 5.56 Å². The summed E-state index contributed by atoms with van der Waals surface area (Å²) in [5.41, 5.74) is 3.02. The molecule has 1 saturated heterocycles. The lowest BCUT2D eigenvalue weighted by atomic mass is 10.1. The van der Waals surface area contributed by atoms with E-state index in [-0.39, 0.29) is 26.7 Å². The van der Waals surface area contributed by atoms with Gasteiger partial charge in [-0.2, -0.15) is 0 Å². The number of hydrogen-bond acceptors (Lipinski definition) is 8. The molecule has 1 heterocycles. The lowest BCUT2D eigenvalue weighted by Crippen LogP contribution is -2.36. The molecule has 0 radical (unpaired) electrons. The molecule has 4 aromatic carbocycles. The number of sulfonamides is 2. The van der Waals surface area contributed by atoms with E-state index in [2.05, 4.69) is 14.8 Å². The zero-order valence-electron chi connectivity index (χ0n) is 25.0.